The third-order valence-corrected chi connectivity index (χ3v) is 9.80. The molecule has 0 unspecified atom stereocenters. The number of benzene rings is 1. The lowest BCUT2D eigenvalue weighted by molar-refractivity contribution is -0.384. The van der Waals surface area contributed by atoms with Crippen LogP contribution < -0.4 is 0 Å². The molecule has 1 atom stereocenters. The number of thioether (sulfide) groups is 1. The molecule has 4 aliphatic carbocycles. The molecule has 4 saturated carbocycles. The lowest BCUT2D eigenvalue weighted by Gasteiger charge is -2.62. The Morgan fingerprint density at radius 1 is 1.00 bits per heavy atom. The van der Waals surface area contributed by atoms with Crippen LogP contribution >= 0.6 is 11.8 Å². The maximum atomic E-state index is 11.0. The van der Waals surface area contributed by atoms with E-state index in [2.05, 4.69) is 12.1 Å². The summed E-state index contributed by atoms with van der Waals surface area (Å²) in [7, 11) is 0. The molecule has 5 fully saturated rings. The first-order valence-electron chi connectivity index (χ1n) is 9.75. The van der Waals surface area contributed by atoms with E-state index in [1.165, 1.54) is 18.6 Å². The maximum Gasteiger partial charge on any atom is 0.269 e. The molecule has 5 aliphatic rings. The highest BCUT2D eigenvalue weighted by Crippen LogP contribution is 2.73. The van der Waals surface area contributed by atoms with Crippen LogP contribution in [0.2, 0.25) is 0 Å². The van der Waals surface area contributed by atoms with Gasteiger partial charge in [0, 0.05) is 23.8 Å². The fourth-order valence-electron chi connectivity index (χ4n) is 7.03. The summed E-state index contributed by atoms with van der Waals surface area (Å²) in [5, 5.41) is 31.7. The minimum atomic E-state index is -1.05. The average Bonchev–Trinajstić information content (AvgIpc) is 3.01. The van der Waals surface area contributed by atoms with Crippen molar-refractivity contribution >= 4 is 17.4 Å². The molecule has 1 heterocycles. The Bertz CT molecular complexity index is 840. The Morgan fingerprint density at radius 3 is 2.04 bits per heavy atom. The van der Waals surface area contributed by atoms with Crippen molar-refractivity contribution in [2.75, 3.05) is 5.75 Å². The topological polar surface area (TPSA) is 90.7 Å². The molecule has 6 rings (SSSR count). The monoisotopic (exact) mass is 379 g/mol. The van der Waals surface area contributed by atoms with Crippen molar-refractivity contribution in [3.8, 4) is 12.1 Å². The minimum absolute atomic E-state index is 0.0493. The summed E-state index contributed by atoms with van der Waals surface area (Å²) in [6.07, 6.45) is 6.00. The van der Waals surface area contributed by atoms with Crippen LogP contribution in [0.5, 0.6) is 0 Å². The molecule has 138 valence electrons. The van der Waals surface area contributed by atoms with Gasteiger partial charge in [0.15, 0.2) is 5.41 Å². The molecule has 4 bridgehead atoms. The number of nitriles is 2. The van der Waals surface area contributed by atoms with Gasteiger partial charge in [-0.15, -0.1) is 0 Å². The number of hydrogen-bond acceptors (Lipinski definition) is 5. The summed E-state index contributed by atoms with van der Waals surface area (Å²) in [6, 6.07) is 11.5. The van der Waals surface area contributed by atoms with Crippen LogP contribution in [-0.2, 0) is 0 Å². The highest BCUT2D eigenvalue weighted by molar-refractivity contribution is 8.01. The van der Waals surface area contributed by atoms with E-state index >= 15 is 0 Å². The van der Waals surface area contributed by atoms with Crippen LogP contribution in [0.15, 0.2) is 24.3 Å². The van der Waals surface area contributed by atoms with Crippen LogP contribution in [0.4, 0.5) is 5.69 Å². The van der Waals surface area contributed by atoms with Gasteiger partial charge < -0.3 is 0 Å². The van der Waals surface area contributed by atoms with E-state index in [4.69, 9.17) is 0 Å². The quantitative estimate of drug-likeness (QED) is 0.551. The van der Waals surface area contributed by atoms with E-state index in [0.29, 0.717) is 11.8 Å². The Hall–Kier alpha value is -2.05. The average molecular weight is 379 g/mol. The van der Waals surface area contributed by atoms with Crippen LogP contribution in [0.3, 0.4) is 0 Å². The van der Waals surface area contributed by atoms with E-state index in [0.717, 1.165) is 48.8 Å². The highest BCUT2D eigenvalue weighted by Gasteiger charge is 2.72. The predicted molar refractivity (Wildman–Crippen MR) is 102 cm³/mol. The lowest BCUT2D eigenvalue weighted by atomic mass is 9.44. The summed E-state index contributed by atoms with van der Waals surface area (Å²) in [5.74, 6) is 3.05. The van der Waals surface area contributed by atoms with E-state index in [1.807, 2.05) is 11.8 Å². The standard InChI is InChI=1S/C21H21N3O2S/c22-11-20(12-23)19(15-1-3-18(4-2-15)24(25)26)10-27-21(20)16-6-13-5-14(8-16)9-17(21)7-13/h1-4,13-14,16-17,19H,5-10H2/t13?,14?,16?,17?,19-,21?/m1/s1. The molecule has 5 nitrogen and oxygen atoms in total. The van der Waals surface area contributed by atoms with Crippen LogP contribution in [-0.4, -0.2) is 15.4 Å². The van der Waals surface area contributed by atoms with Gasteiger partial charge in [0.05, 0.1) is 21.8 Å². The molecule has 27 heavy (non-hydrogen) atoms. The second kappa shape index (κ2) is 5.72. The van der Waals surface area contributed by atoms with Gasteiger partial charge in [0.2, 0.25) is 0 Å². The third-order valence-electron chi connectivity index (χ3n) is 7.84. The van der Waals surface area contributed by atoms with Gasteiger partial charge in [-0.3, -0.25) is 10.1 Å². The normalized spacial score (nSPS) is 40.6. The van der Waals surface area contributed by atoms with Crippen LogP contribution in [0, 0.1) is 61.9 Å². The van der Waals surface area contributed by atoms with Crippen molar-refractivity contribution < 1.29 is 4.92 Å². The number of hydrogen-bond donors (Lipinski definition) is 0. The molecule has 0 N–H and O–H groups in total. The summed E-state index contributed by atoms with van der Waals surface area (Å²) in [5.41, 5.74) is -0.105. The second-order valence-electron chi connectivity index (χ2n) is 8.84. The highest BCUT2D eigenvalue weighted by atomic mass is 32.2. The van der Waals surface area contributed by atoms with Gasteiger partial charge in [0.1, 0.15) is 0 Å². The maximum absolute atomic E-state index is 11.0. The second-order valence-corrected chi connectivity index (χ2v) is 10.1. The Labute approximate surface area is 162 Å². The Morgan fingerprint density at radius 2 is 1.56 bits per heavy atom. The van der Waals surface area contributed by atoms with E-state index in [9.17, 15) is 20.6 Å². The van der Waals surface area contributed by atoms with Crippen molar-refractivity contribution in [3.05, 3.63) is 39.9 Å². The first kappa shape index (κ1) is 17.1. The molecular weight excluding hydrogens is 358 g/mol. The Kier molecular flexibility index (Phi) is 3.62. The summed E-state index contributed by atoms with van der Waals surface area (Å²) >= 11 is 1.87. The summed E-state index contributed by atoms with van der Waals surface area (Å²) in [6.45, 7) is 0. The van der Waals surface area contributed by atoms with Crippen molar-refractivity contribution in [1.29, 1.82) is 10.5 Å². The van der Waals surface area contributed by atoms with Crippen molar-refractivity contribution in [2.45, 2.75) is 42.8 Å². The molecule has 0 amide bonds. The van der Waals surface area contributed by atoms with Crippen LogP contribution in [0.1, 0.15) is 43.6 Å². The number of nitrogens with zero attached hydrogens (tertiary/aromatic N) is 3. The fourth-order valence-corrected chi connectivity index (χ4v) is 9.23. The molecule has 0 radical (unpaired) electrons. The van der Waals surface area contributed by atoms with Crippen molar-refractivity contribution in [3.63, 3.8) is 0 Å². The number of rotatable bonds is 2. The van der Waals surface area contributed by atoms with Gasteiger partial charge in [-0.05, 0) is 61.3 Å². The predicted octanol–water partition coefficient (Wildman–Crippen LogP) is 4.65. The van der Waals surface area contributed by atoms with E-state index < -0.39 is 10.3 Å². The SMILES string of the molecule is N#CC1(C#N)[C@@H](c2ccc([N+](=O)[O-])cc2)CSC12C1CC3CC(C1)CC2C3. The molecular formula is C21H21N3O2S. The zero-order chi connectivity index (χ0) is 18.8. The molecule has 0 aromatic heterocycles. The first-order valence-corrected chi connectivity index (χ1v) is 10.7. The summed E-state index contributed by atoms with van der Waals surface area (Å²) < 4.78 is -0.267. The third kappa shape index (κ3) is 2.05. The molecule has 1 saturated heterocycles. The van der Waals surface area contributed by atoms with Gasteiger partial charge in [-0.2, -0.15) is 22.3 Å². The first-order chi connectivity index (χ1) is 13.0. The van der Waals surface area contributed by atoms with Gasteiger partial charge in [0.25, 0.3) is 5.69 Å². The molecule has 1 aliphatic heterocycles. The zero-order valence-electron chi connectivity index (χ0n) is 15.0. The molecule has 1 spiro atoms. The van der Waals surface area contributed by atoms with Crippen molar-refractivity contribution in [2.24, 2.45) is 29.1 Å². The Balaban J connectivity index is 1.59. The number of nitro benzene ring substituents is 1. The van der Waals surface area contributed by atoms with Gasteiger partial charge in [-0.1, -0.05) is 12.1 Å². The zero-order valence-corrected chi connectivity index (χ0v) is 15.8. The van der Waals surface area contributed by atoms with Gasteiger partial charge >= 0.3 is 0 Å². The molecule has 1 aromatic carbocycles. The van der Waals surface area contributed by atoms with E-state index in [1.54, 1.807) is 12.1 Å². The van der Waals surface area contributed by atoms with Crippen LogP contribution in [0.25, 0.3) is 0 Å². The van der Waals surface area contributed by atoms with Gasteiger partial charge in [-0.25, -0.2) is 0 Å². The lowest BCUT2D eigenvalue weighted by Crippen LogP contribution is -2.62. The number of non-ortho nitro benzene ring substituents is 1. The molecule has 6 heteroatoms. The van der Waals surface area contributed by atoms with E-state index in [-0.39, 0.29) is 16.4 Å². The number of nitro groups is 1. The minimum Gasteiger partial charge on any atom is -0.258 e. The van der Waals surface area contributed by atoms with Crippen molar-refractivity contribution in [1.82, 2.24) is 0 Å². The summed E-state index contributed by atoms with van der Waals surface area (Å²) in [4.78, 5) is 10.6. The molecule has 1 aromatic rings. The fraction of sp³-hybridized carbons (Fsp3) is 0.619. The largest absolute Gasteiger partial charge is 0.269 e. The smallest absolute Gasteiger partial charge is 0.258 e.